The number of aromatic nitrogens is 2. The predicted octanol–water partition coefficient (Wildman–Crippen LogP) is 3.97. The van der Waals surface area contributed by atoms with Crippen LogP contribution in [0.25, 0.3) is 5.69 Å². The molecule has 0 aliphatic carbocycles. The summed E-state index contributed by atoms with van der Waals surface area (Å²) < 4.78 is 1.70. The first-order valence-corrected chi connectivity index (χ1v) is 8.92. The summed E-state index contributed by atoms with van der Waals surface area (Å²) in [5, 5.41) is 7.24. The van der Waals surface area contributed by atoms with Gasteiger partial charge in [0, 0.05) is 18.4 Å². The van der Waals surface area contributed by atoms with E-state index in [-0.39, 0.29) is 5.91 Å². The Kier molecular flexibility index (Phi) is 5.81. The van der Waals surface area contributed by atoms with Crippen LogP contribution in [0.3, 0.4) is 0 Å². The summed E-state index contributed by atoms with van der Waals surface area (Å²) >= 11 is 0. The number of amides is 1. The molecule has 26 heavy (non-hydrogen) atoms. The van der Waals surface area contributed by atoms with Gasteiger partial charge >= 0.3 is 0 Å². The van der Waals surface area contributed by atoms with Crippen LogP contribution >= 0.6 is 0 Å². The molecule has 0 bridgehead atoms. The minimum Gasteiger partial charge on any atom is -0.322 e. The highest BCUT2D eigenvalue weighted by Crippen LogP contribution is 2.15. The molecule has 0 unspecified atom stereocenters. The first-order chi connectivity index (χ1) is 12.7. The number of hydrogen-bond donors (Lipinski definition) is 1. The summed E-state index contributed by atoms with van der Waals surface area (Å²) in [7, 11) is 0. The van der Waals surface area contributed by atoms with E-state index < -0.39 is 0 Å². The molecule has 5 heteroatoms. The van der Waals surface area contributed by atoms with Gasteiger partial charge in [0.2, 0.25) is 0 Å². The Hall–Kier alpha value is -2.92. The normalized spacial score (nSPS) is 10.9. The van der Waals surface area contributed by atoms with Crippen molar-refractivity contribution in [2.75, 3.05) is 18.4 Å². The molecule has 0 spiro atoms. The molecule has 0 radical (unpaired) electrons. The Morgan fingerprint density at radius 3 is 2.58 bits per heavy atom. The molecule has 3 rings (SSSR count). The van der Waals surface area contributed by atoms with Crippen LogP contribution in [0.2, 0.25) is 0 Å². The maximum absolute atomic E-state index is 12.5. The van der Waals surface area contributed by atoms with Gasteiger partial charge < -0.3 is 5.32 Å². The summed E-state index contributed by atoms with van der Waals surface area (Å²) in [6.45, 7) is 7.19. The molecule has 1 heterocycles. The van der Waals surface area contributed by atoms with Crippen molar-refractivity contribution in [1.29, 1.82) is 0 Å². The molecule has 0 fully saturated rings. The zero-order chi connectivity index (χ0) is 18.4. The van der Waals surface area contributed by atoms with Crippen LogP contribution in [0, 0.1) is 0 Å². The highest BCUT2D eigenvalue weighted by molar-refractivity contribution is 6.04. The Morgan fingerprint density at radius 2 is 1.85 bits per heavy atom. The van der Waals surface area contributed by atoms with Crippen molar-refractivity contribution in [3.63, 3.8) is 0 Å². The average molecular weight is 348 g/mol. The Balaban J connectivity index is 1.69. The molecule has 2 aromatic carbocycles. The molecular formula is C21H24N4O. The van der Waals surface area contributed by atoms with E-state index in [1.165, 1.54) is 5.56 Å². The standard InChI is InChI=1S/C21H24N4O/c1-3-24(4-2)15-17-9-8-10-19(13-17)23-21(26)18-14-22-25(16-18)20-11-6-5-7-12-20/h5-14,16H,3-4,15H2,1-2H3,(H,23,26). The fraction of sp³-hybridized carbons (Fsp3) is 0.238. The first kappa shape index (κ1) is 17.9. The number of hydrogen-bond acceptors (Lipinski definition) is 3. The van der Waals surface area contributed by atoms with Crippen LogP contribution in [-0.2, 0) is 6.54 Å². The predicted molar refractivity (Wildman–Crippen MR) is 105 cm³/mol. The third kappa shape index (κ3) is 4.37. The molecule has 3 aromatic rings. The van der Waals surface area contributed by atoms with Gasteiger partial charge in [-0.1, -0.05) is 44.2 Å². The monoisotopic (exact) mass is 348 g/mol. The molecule has 1 aromatic heterocycles. The van der Waals surface area contributed by atoms with Gasteiger partial charge in [-0.15, -0.1) is 0 Å². The van der Waals surface area contributed by atoms with Crippen LogP contribution in [0.15, 0.2) is 67.0 Å². The van der Waals surface area contributed by atoms with E-state index in [1.807, 2.05) is 48.5 Å². The fourth-order valence-corrected chi connectivity index (χ4v) is 2.82. The largest absolute Gasteiger partial charge is 0.322 e. The number of benzene rings is 2. The van der Waals surface area contributed by atoms with Crippen molar-refractivity contribution in [2.24, 2.45) is 0 Å². The topological polar surface area (TPSA) is 50.2 Å². The molecule has 0 atom stereocenters. The van der Waals surface area contributed by atoms with Crippen LogP contribution in [0.5, 0.6) is 0 Å². The van der Waals surface area contributed by atoms with Gasteiger partial charge in [-0.05, 0) is 42.9 Å². The van der Waals surface area contributed by atoms with Crippen LogP contribution in [-0.4, -0.2) is 33.7 Å². The summed E-state index contributed by atoms with van der Waals surface area (Å²) in [5.41, 5.74) is 3.44. The summed E-state index contributed by atoms with van der Waals surface area (Å²) in [5.74, 6) is -0.160. The SMILES string of the molecule is CCN(CC)Cc1cccc(NC(=O)c2cnn(-c3ccccc3)c2)c1. The lowest BCUT2D eigenvalue weighted by atomic mass is 10.2. The second-order valence-electron chi connectivity index (χ2n) is 6.13. The van der Waals surface area contributed by atoms with Gasteiger partial charge in [0.05, 0.1) is 17.4 Å². The molecule has 134 valence electrons. The van der Waals surface area contributed by atoms with E-state index >= 15 is 0 Å². The van der Waals surface area contributed by atoms with Crippen LogP contribution < -0.4 is 5.32 Å². The lowest BCUT2D eigenvalue weighted by molar-refractivity contribution is 0.102. The highest BCUT2D eigenvalue weighted by atomic mass is 16.1. The molecule has 0 aliphatic rings. The molecule has 1 amide bonds. The maximum Gasteiger partial charge on any atom is 0.258 e. The number of rotatable bonds is 7. The Morgan fingerprint density at radius 1 is 1.08 bits per heavy atom. The van der Waals surface area contributed by atoms with E-state index in [4.69, 9.17) is 0 Å². The van der Waals surface area contributed by atoms with Gasteiger partial charge in [-0.25, -0.2) is 4.68 Å². The molecule has 0 saturated carbocycles. The molecule has 5 nitrogen and oxygen atoms in total. The van der Waals surface area contributed by atoms with Gasteiger partial charge in [-0.2, -0.15) is 5.10 Å². The highest BCUT2D eigenvalue weighted by Gasteiger charge is 2.10. The number of anilines is 1. The van der Waals surface area contributed by atoms with Crippen molar-refractivity contribution in [2.45, 2.75) is 20.4 Å². The third-order valence-electron chi connectivity index (χ3n) is 4.35. The molecule has 1 N–H and O–H groups in total. The van der Waals surface area contributed by atoms with E-state index in [0.29, 0.717) is 5.56 Å². The number of para-hydroxylation sites is 1. The summed E-state index contributed by atoms with van der Waals surface area (Å²) in [6.07, 6.45) is 3.33. The maximum atomic E-state index is 12.5. The third-order valence-corrected chi connectivity index (χ3v) is 4.35. The zero-order valence-electron chi connectivity index (χ0n) is 15.2. The lowest BCUT2D eigenvalue weighted by Crippen LogP contribution is -2.22. The average Bonchev–Trinajstić information content (AvgIpc) is 3.17. The van der Waals surface area contributed by atoms with E-state index in [1.54, 1.807) is 17.1 Å². The first-order valence-electron chi connectivity index (χ1n) is 8.92. The number of nitrogens with one attached hydrogen (secondary N) is 1. The summed E-state index contributed by atoms with van der Waals surface area (Å²) in [6, 6.07) is 17.7. The van der Waals surface area contributed by atoms with Crippen molar-refractivity contribution < 1.29 is 4.79 Å². The van der Waals surface area contributed by atoms with E-state index in [2.05, 4.69) is 35.2 Å². The number of carbonyl (C=O) groups excluding carboxylic acids is 1. The molecule has 0 aliphatic heterocycles. The minimum absolute atomic E-state index is 0.160. The Labute approximate surface area is 154 Å². The molecule has 0 saturated heterocycles. The lowest BCUT2D eigenvalue weighted by Gasteiger charge is -2.18. The molecular weight excluding hydrogens is 324 g/mol. The number of nitrogens with zero attached hydrogens (tertiary/aromatic N) is 3. The van der Waals surface area contributed by atoms with E-state index in [0.717, 1.165) is 31.0 Å². The number of carbonyl (C=O) groups is 1. The quantitative estimate of drug-likeness (QED) is 0.703. The second-order valence-corrected chi connectivity index (χ2v) is 6.13. The summed E-state index contributed by atoms with van der Waals surface area (Å²) in [4.78, 5) is 14.9. The zero-order valence-corrected chi connectivity index (χ0v) is 15.2. The van der Waals surface area contributed by atoms with Crippen LogP contribution in [0.1, 0.15) is 29.8 Å². The van der Waals surface area contributed by atoms with Gasteiger partial charge in [-0.3, -0.25) is 9.69 Å². The smallest absolute Gasteiger partial charge is 0.258 e. The minimum atomic E-state index is -0.160. The fourth-order valence-electron chi connectivity index (χ4n) is 2.82. The van der Waals surface area contributed by atoms with Gasteiger partial charge in [0.1, 0.15) is 0 Å². The van der Waals surface area contributed by atoms with Crippen LogP contribution in [0.4, 0.5) is 5.69 Å². The van der Waals surface area contributed by atoms with Gasteiger partial charge in [0.25, 0.3) is 5.91 Å². The van der Waals surface area contributed by atoms with Gasteiger partial charge in [0.15, 0.2) is 0 Å². The second kappa shape index (κ2) is 8.45. The Bertz CT molecular complexity index is 853. The van der Waals surface area contributed by atoms with Crippen molar-refractivity contribution in [3.8, 4) is 5.69 Å². The van der Waals surface area contributed by atoms with Crippen molar-refractivity contribution in [1.82, 2.24) is 14.7 Å². The van der Waals surface area contributed by atoms with E-state index in [9.17, 15) is 4.79 Å². The van der Waals surface area contributed by atoms with Crippen molar-refractivity contribution in [3.05, 3.63) is 78.1 Å². The van der Waals surface area contributed by atoms with Crippen molar-refractivity contribution >= 4 is 11.6 Å².